The van der Waals surface area contributed by atoms with Crippen LogP contribution in [0.2, 0.25) is 0 Å². The first kappa shape index (κ1) is 17.6. The molecule has 1 saturated heterocycles. The molecule has 1 fully saturated rings. The topological polar surface area (TPSA) is 99.6 Å². The van der Waals surface area contributed by atoms with Gasteiger partial charge in [-0.1, -0.05) is 18.2 Å². The van der Waals surface area contributed by atoms with E-state index in [-0.39, 0.29) is 22.9 Å². The Kier molecular flexibility index (Phi) is 4.97. The molecule has 1 aliphatic heterocycles. The van der Waals surface area contributed by atoms with Crippen LogP contribution in [0, 0.1) is 6.92 Å². The van der Waals surface area contributed by atoms with Gasteiger partial charge in [-0.15, -0.1) is 0 Å². The molecular formula is C19H19N3O4. The highest BCUT2D eigenvalue weighted by Gasteiger charge is 2.31. The lowest BCUT2D eigenvalue weighted by Gasteiger charge is -2.32. The summed E-state index contributed by atoms with van der Waals surface area (Å²) in [5, 5.41) is 11.8. The van der Waals surface area contributed by atoms with Crippen LogP contribution in [0.4, 0.5) is 5.69 Å². The molecule has 1 aliphatic rings. The van der Waals surface area contributed by atoms with Crippen LogP contribution in [0.25, 0.3) is 0 Å². The molecule has 2 N–H and O–H groups in total. The Labute approximate surface area is 150 Å². The van der Waals surface area contributed by atoms with Crippen molar-refractivity contribution in [3.8, 4) is 0 Å². The second kappa shape index (κ2) is 7.35. The highest BCUT2D eigenvalue weighted by Crippen LogP contribution is 2.21. The number of benzene rings is 1. The standard InChI is InChI=1S/C19H19N3O4/c1-12-14(19(25)26)9-10-15(20-12)17(23)21-16-8-5-11-22(18(16)24)13-6-3-2-4-7-13/h2-4,6-7,9-10,16H,5,8,11H2,1H3,(H,21,23)(H,25,26). The van der Waals surface area contributed by atoms with E-state index < -0.39 is 17.9 Å². The number of anilines is 1. The maximum atomic E-state index is 12.7. The lowest BCUT2D eigenvalue weighted by atomic mass is 10.0. The number of pyridine rings is 1. The smallest absolute Gasteiger partial charge is 0.337 e. The molecule has 0 bridgehead atoms. The monoisotopic (exact) mass is 353 g/mol. The first-order chi connectivity index (χ1) is 12.5. The van der Waals surface area contributed by atoms with Gasteiger partial charge >= 0.3 is 5.97 Å². The second-order valence-corrected chi connectivity index (χ2v) is 6.13. The molecule has 1 aromatic heterocycles. The number of rotatable bonds is 4. The number of carboxylic acids is 1. The van der Waals surface area contributed by atoms with Crippen LogP contribution in [0.1, 0.15) is 39.4 Å². The van der Waals surface area contributed by atoms with Crippen molar-refractivity contribution in [1.82, 2.24) is 10.3 Å². The minimum absolute atomic E-state index is 0.0468. The van der Waals surface area contributed by atoms with Gasteiger partial charge < -0.3 is 15.3 Å². The number of carbonyl (C=O) groups excluding carboxylic acids is 2. The number of aromatic carboxylic acids is 1. The Morgan fingerprint density at radius 2 is 1.92 bits per heavy atom. The van der Waals surface area contributed by atoms with E-state index in [2.05, 4.69) is 10.3 Å². The van der Waals surface area contributed by atoms with Crippen molar-refractivity contribution in [1.29, 1.82) is 0 Å². The fraction of sp³-hybridized carbons (Fsp3) is 0.263. The third kappa shape index (κ3) is 3.56. The third-order valence-electron chi connectivity index (χ3n) is 4.36. The van der Waals surface area contributed by atoms with E-state index in [1.165, 1.54) is 19.1 Å². The first-order valence-electron chi connectivity index (χ1n) is 8.35. The number of nitrogens with zero attached hydrogens (tertiary/aromatic N) is 2. The van der Waals surface area contributed by atoms with E-state index in [4.69, 9.17) is 5.11 Å². The SMILES string of the molecule is Cc1nc(C(=O)NC2CCCN(c3ccccc3)C2=O)ccc1C(=O)O. The number of nitrogens with one attached hydrogen (secondary N) is 1. The molecule has 0 saturated carbocycles. The molecule has 3 rings (SSSR count). The Balaban J connectivity index is 1.74. The summed E-state index contributed by atoms with van der Waals surface area (Å²) in [7, 11) is 0. The molecule has 1 aromatic carbocycles. The molecule has 0 radical (unpaired) electrons. The first-order valence-corrected chi connectivity index (χ1v) is 8.35. The van der Waals surface area contributed by atoms with Crippen LogP contribution in [0.15, 0.2) is 42.5 Å². The minimum Gasteiger partial charge on any atom is -0.478 e. The zero-order valence-corrected chi connectivity index (χ0v) is 14.3. The predicted octanol–water partition coefficient (Wildman–Crippen LogP) is 2.01. The number of carbonyl (C=O) groups is 3. The summed E-state index contributed by atoms with van der Waals surface area (Å²) in [5.41, 5.74) is 1.20. The molecule has 1 unspecified atom stereocenters. The summed E-state index contributed by atoms with van der Waals surface area (Å²) < 4.78 is 0. The van der Waals surface area contributed by atoms with Crippen molar-refractivity contribution >= 4 is 23.5 Å². The summed E-state index contributed by atoms with van der Waals surface area (Å²) >= 11 is 0. The fourth-order valence-corrected chi connectivity index (χ4v) is 3.02. The van der Waals surface area contributed by atoms with Crippen molar-refractivity contribution in [2.45, 2.75) is 25.8 Å². The van der Waals surface area contributed by atoms with Gasteiger partial charge in [-0.2, -0.15) is 0 Å². The van der Waals surface area contributed by atoms with Crippen LogP contribution in [0.3, 0.4) is 0 Å². The Morgan fingerprint density at radius 3 is 2.58 bits per heavy atom. The van der Waals surface area contributed by atoms with Gasteiger partial charge in [-0.25, -0.2) is 9.78 Å². The van der Waals surface area contributed by atoms with Crippen LogP contribution in [0.5, 0.6) is 0 Å². The normalized spacial score (nSPS) is 17.0. The van der Waals surface area contributed by atoms with E-state index >= 15 is 0 Å². The molecule has 7 heteroatoms. The summed E-state index contributed by atoms with van der Waals surface area (Å²) in [6, 6.07) is 11.4. The van der Waals surface area contributed by atoms with Crippen molar-refractivity contribution in [3.05, 3.63) is 59.4 Å². The average Bonchev–Trinajstić information content (AvgIpc) is 2.63. The largest absolute Gasteiger partial charge is 0.478 e. The van der Waals surface area contributed by atoms with E-state index in [1.807, 2.05) is 30.3 Å². The van der Waals surface area contributed by atoms with Crippen molar-refractivity contribution in [2.24, 2.45) is 0 Å². The third-order valence-corrected chi connectivity index (χ3v) is 4.36. The van der Waals surface area contributed by atoms with Crippen LogP contribution in [-0.4, -0.2) is 40.5 Å². The maximum Gasteiger partial charge on any atom is 0.337 e. The molecule has 2 aromatic rings. The Bertz CT molecular complexity index is 851. The zero-order chi connectivity index (χ0) is 18.7. The summed E-state index contributed by atoms with van der Waals surface area (Å²) in [4.78, 5) is 41.9. The molecule has 0 spiro atoms. The fourth-order valence-electron chi connectivity index (χ4n) is 3.02. The van der Waals surface area contributed by atoms with Gasteiger partial charge in [0.1, 0.15) is 11.7 Å². The summed E-state index contributed by atoms with van der Waals surface area (Å²) in [6.45, 7) is 2.14. The highest BCUT2D eigenvalue weighted by molar-refractivity contribution is 6.02. The lowest BCUT2D eigenvalue weighted by molar-refractivity contribution is -0.121. The van der Waals surface area contributed by atoms with Crippen molar-refractivity contribution in [3.63, 3.8) is 0 Å². The van der Waals surface area contributed by atoms with E-state index in [0.717, 1.165) is 12.1 Å². The Hall–Kier alpha value is -3.22. The predicted molar refractivity (Wildman–Crippen MR) is 95.2 cm³/mol. The van der Waals surface area contributed by atoms with Crippen LogP contribution in [-0.2, 0) is 4.79 Å². The highest BCUT2D eigenvalue weighted by atomic mass is 16.4. The molecule has 0 aliphatic carbocycles. The van der Waals surface area contributed by atoms with Gasteiger partial charge in [0.2, 0.25) is 5.91 Å². The van der Waals surface area contributed by atoms with Gasteiger partial charge in [0, 0.05) is 12.2 Å². The lowest BCUT2D eigenvalue weighted by Crippen LogP contribution is -2.52. The van der Waals surface area contributed by atoms with Crippen molar-refractivity contribution < 1.29 is 19.5 Å². The van der Waals surface area contributed by atoms with Crippen molar-refractivity contribution in [2.75, 3.05) is 11.4 Å². The van der Waals surface area contributed by atoms with E-state index in [9.17, 15) is 14.4 Å². The number of carboxylic acid groups (broad SMARTS) is 1. The Morgan fingerprint density at radius 1 is 1.19 bits per heavy atom. The summed E-state index contributed by atoms with van der Waals surface area (Å²) in [5.74, 6) is -1.74. The number of aryl methyl sites for hydroxylation is 1. The molecule has 1 atom stereocenters. The quantitative estimate of drug-likeness (QED) is 0.876. The molecular weight excluding hydrogens is 334 g/mol. The molecule has 7 nitrogen and oxygen atoms in total. The zero-order valence-electron chi connectivity index (χ0n) is 14.3. The molecule has 2 heterocycles. The maximum absolute atomic E-state index is 12.7. The number of amides is 2. The minimum atomic E-state index is -1.09. The van der Waals surface area contributed by atoms with Gasteiger partial charge in [0.25, 0.3) is 5.91 Å². The number of para-hydroxylation sites is 1. The van der Waals surface area contributed by atoms with Gasteiger partial charge in [-0.05, 0) is 44.0 Å². The van der Waals surface area contributed by atoms with Crippen LogP contribution >= 0.6 is 0 Å². The number of hydrogen-bond acceptors (Lipinski definition) is 4. The van der Waals surface area contributed by atoms with Crippen LogP contribution < -0.4 is 10.2 Å². The number of aromatic nitrogens is 1. The molecule has 26 heavy (non-hydrogen) atoms. The molecule has 2 amide bonds. The molecule has 134 valence electrons. The second-order valence-electron chi connectivity index (χ2n) is 6.13. The van der Waals surface area contributed by atoms with E-state index in [1.54, 1.807) is 4.90 Å². The summed E-state index contributed by atoms with van der Waals surface area (Å²) in [6.07, 6.45) is 1.33. The van der Waals surface area contributed by atoms with Gasteiger partial charge in [-0.3, -0.25) is 9.59 Å². The van der Waals surface area contributed by atoms with Gasteiger partial charge in [0.15, 0.2) is 0 Å². The number of piperidine rings is 1. The van der Waals surface area contributed by atoms with E-state index in [0.29, 0.717) is 13.0 Å². The average molecular weight is 353 g/mol. The number of hydrogen-bond donors (Lipinski definition) is 2. The van der Waals surface area contributed by atoms with Gasteiger partial charge in [0.05, 0.1) is 11.3 Å².